The van der Waals surface area contributed by atoms with Crippen LogP contribution >= 0.6 is 15.6 Å². The third-order valence-electron chi connectivity index (χ3n) is 8.47. The Bertz CT molecular complexity index is 1480. The topological polar surface area (TPSA) is 216 Å². The molecule has 62 heavy (non-hydrogen) atoms. The highest BCUT2D eigenvalue weighted by atomic mass is 31.2. The second-order valence-corrected chi connectivity index (χ2v) is 17.2. The minimum Gasteiger partial charge on any atom is -0.462 e. The fourth-order valence-electron chi connectivity index (χ4n) is 5.17. The molecule has 0 heterocycles. The number of allylic oxidation sites excluding steroid dienone is 16. The molecule has 1 unspecified atom stereocenters. The molecule has 0 rings (SSSR count). The second kappa shape index (κ2) is 40.8. The molecular formula is C46H76O14P2. The Morgan fingerprint density at radius 2 is 0.952 bits per heavy atom. The third kappa shape index (κ3) is 45.0. The van der Waals surface area contributed by atoms with Gasteiger partial charge >= 0.3 is 27.6 Å². The van der Waals surface area contributed by atoms with Crippen molar-refractivity contribution in [2.75, 3.05) is 26.4 Å². The quantitative estimate of drug-likeness (QED) is 0.0167. The van der Waals surface area contributed by atoms with Crippen LogP contribution in [-0.2, 0) is 41.8 Å². The van der Waals surface area contributed by atoms with Gasteiger partial charge in [-0.3, -0.25) is 23.2 Å². The molecule has 0 amide bonds. The van der Waals surface area contributed by atoms with Crippen LogP contribution in [-0.4, -0.2) is 81.6 Å². The fourth-order valence-corrected chi connectivity index (χ4v) is 6.33. The largest absolute Gasteiger partial charge is 0.472 e. The van der Waals surface area contributed by atoms with Gasteiger partial charge in [0.15, 0.2) is 6.10 Å². The lowest BCUT2D eigenvalue weighted by Gasteiger charge is -2.20. The van der Waals surface area contributed by atoms with E-state index in [2.05, 4.69) is 101 Å². The van der Waals surface area contributed by atoms with Crippen LogP contribution in [0.15, 0.2) is 97.2 Å². The number of rotatable bonds is 40. The van der Waals surface area contributed by atoms with Crippen LogP contribution in [0.4, 0.5) is 0 Å². The predicted molar refractivity (Wildman–Crippen MR) is 245 cm³/mol. The molecule has 0 saturated heterocycles. The van der Waals surface area contributed by atoms with Crippen LogP contribution in [0, 0.1) is 0 Å². The van der Waals surface area contributed by atoms with E-state index in [0.717, 1.165) is 89.9 Å². The van der Waals surface area contributed by atoms with E-state index in [4.69, 9.17) is 23.8 Å². The number of phosphoric acid groups is 2. The Balaban J connectivity index is 4.67. The van der Waals surface area contributed by atoms with Gasteiger partial charge in [-0.1, -0.05) is 117 Å². The summed E-state index contributed by atoms with van der Waals surface area (Å²) in [4.78, 5) is 52.7. The molecule has 0 aromatic heterocycles. The van der Waals surface area contributed by atoms with Gasteiger partial charge in [-0.25, -0.2) is 9.13 Å². The highest BCUT2D eigenvalue weighted by Gasteiger charge is 2.28. The van der Waals surface area contributed by atoms with Gasteiger partial charge in [0, 0.05) is 12.8 Å². The zero-order valence-electron chi connectivity index (χ0n) is 37.0. The Labute approximate surface area is 371 Å². The molecule has 0 aliphatic rings. The molecule has 0 radical (unpaired) electrons. The molecule has 0 saturated carbocycles. The van der Waals surface area contributed by atoms with Crippen molar-refractivity contribution in [3.63, 3.8) is 0 Å². The van der Waals surface area contributed by atoms with Crippen LogP contribution in [0.2, 0.25) is 0 Å². The molecule has 0 aliphatic carbocycles. The van der Waals surface area contributed by atoms with E-state index in [1.54, 1.807) is 6.92 Å². The van der Waals surface area contributed by atoms with Gasteiger partial charge in [0.25, 0.3) is 0 Å². The Hall–Kier alpha value is -3.00. The Morgan fingerprint density at radius 1 is 0.516 bits per heavy atom. The van der Waals surface area contributed by atoms with Crippen molar-refractivity contribution in [2.24, 2.45) is 0 Å². The summed E-state index contributed by atoms with van der Waals surface area (Å²) >= 11 is 0. The van der Waals surface area contributed by atoms with Gasteiger partial charge in [-0.15, -0.1) is 0 Å². The number of phosphoric ester groups is 2. The van der Waals surface area contributed by atoms with Crippen LogP contribution in [0.25, 0.3) is 0 Å². The number of aliphatic hydroxyl groups is 2. The van der Waals surface area contributed by atoms with Gasteiger partial charge in [-0.2, -0.15) is 0 Å². The SMILES string of the molecule is CC/C=C\C/C=C\C/C=C\C/C=C\CCCCCCC(=O)OC[C@H](COP(=O)(O)OC[C@@H](O)COP(=O)(O)O)OC(=O)CCC/C=C\C/C=C\C/C=C\C/C=C\CCC[C@H](C)O. The summed E-state index contributed by atoms with van der Waals surface area (Å²) in [5.74, 6) is -1.15. The first-order valence-corrected chi connectivity index (χ1v) is 25.0. The van der Waals surface area contributed by atoms with E-state index in [9.17, 15) is 33.8 Å². The first-order chi connectivity index (χ1) is 29.7. The lowest BCUT2D eigenvalue weighted by Crippen LogP contribution is -2.29. The van der Waals surface area contributed by atoms with Gasteiger partial charge in [0.2, 0.25) is 0 Å². The van der Waals surface area contributed by atoms with Crippen molar-refractivity contribution < 1.29 is 66.7 Å². The summed E-state index contributed by atoms with van der Waals surface area (Å²) in [5, 5.41) is 19.0. The summed E-state index contributed by atoms with van der Waals surface area (Å²) in [6.45, 7) is 1.08. The molecule has 16 heteroatoms. The van der Waals surface area contributed by atoms with Crippen molar-refractivity contribution in [3.8, 4) is 0 Å². The highest BCUT2D eigenvalue weighted by Crippen LogP contribution is 2.43. The monoisotopic (exact) mass is 914 g/mol. The van der Waals surface area contributed by atoms with E-state index >= 15 is 0 Å². The molecule has 4 atom stereocenters. The predicted octanol–water partition coefficient (Wildman–Crippen LogP) is 10.3. The van der Waals surface area contributed by atoms with E-state index in [0.29, 0.717) is 19.3 Å². The van der Waals surface area contributed by atoms with Crippen molar-refractivity contribution in [1.82, 2.24) is 0 Å². The van der Waals surface area contributed by atoms with Gasteiger partial charge in [0.05, 0.1) is 25.9 Å². The number of hydrogen-bond acceptors (Lipinski definition) is 11. The molecule has 0 aromatic rings. The smallest absolute Gasteiger partial charge is 0.462 e. The highest BCUT2D eigenvalue weighted by molar-refractivity contribution is 7.47. The maximum atomic E-state index is 12.6. The molecule has 0 spiro atoms. The van der Waals surface area contributed by atoms with E-state index in [-0.39, 0.29) is 18.9 Å². The summed E-state index contributed by atoms with van der Waals surface area (Å²) in [7, 11) is -9.72. The average molecular weight is 915 g/mol. The summed E-state index contributed by atoms with van der Waals surface area (Å²) in [6, 6.07) is 0. The number of hydrogen-bond donors (Lipinski definition) is 5. The molecule has 5 N–H and O–H groups in total. The number of unbranched alkanes of at least 4 members (excludes halogenated alkanes) is 6. The molecule has 0 aliphatic heterocycles. The van der Waals surface area contributed by atoms with Crippen LogP contribution in [0.1, 0.15) is 136 Å². The lowest BCUT2D eigenvalue weighted by atomic mass is 10.1. The van der Waals surface area contributed by atoms with Gasteiger partial charge < -0.3 is 34.4 Å². The van der Waals surface area contributed by atoms with Crippen LogP contribution in [0.5, 0.6) is 0 Å². The van der Waals surface area contributed by atoms with Crippen molar-refractivity contribution in [3.05, 3.63) is 97.2 Å². The van der Waals surface area contributed by atoms with Gasteiger partial charge in [0.1, 0.15) is 12.7 Å². The molecule has 0 bridgehead atoms. The van der Waals surface area contributed by atoms with Crippen molar-refractivity contribution >= 4 is 27.6 Å². The normalized spacial score (nSPS) is 15.4. The number of aliphatic hydroxyl groups excluding tert-OH is 2. The molecule has 354 valence electrons. The standard InChI is InChI=1S/C46H76O14P2/c1-3-4-5-6-7-8-9-10-11-12-15-18-21-24-27-30-33-36-45(49)56-40-44(41-59-62(54,55)58-39-43(48)38-57-61(51,52)53)60-46(50)37-34-31-28-25-22-19-16-13-14-17-20-23-26-29-32-35-42(2)47/h4-5,7-8,10-11,14-19,23,25-26,28,42-44,47-48H,3,6,9,12-13,20-22,24,27,29-41H2,1-2H3,(H,54,55)(H2,51,52,53)/b5-4-,8-7-,11-10-,17-14-,18-15-,19-16-,26-23-,28-25-/t42-,43-,44+/m0/s1. The van der Waals surface area contributed by atoms with Gasteiger partial charge in [-0.05, 0) is 103 Å². The average Bonchev–Trinajstić information content (AvgIpc) is 3.22. The van der Waals surface area contributed by atoms with E-state index < -0.39 is 66.2 Å². The molecule has 0 aromatic carbocycles. The maximum absolute atomic E-state index is 12.6. The number of ether oxygens (including phenoxy) is 2. The first-order valence-electron chi connectivity index (χ1n) is 22.0. The summed E-state index contributed by atoms with van der Waals surface area (Å²) in [5.41, 5.74) is 0. The van der Waals surface area contributed by atoms with Crippen LogP contribution in [0.3, 0.4) is 0 Å². The van der Waals surface area contributed by atoms with Crippen LogP contribution < -0.4 is 0 Å². The molecule has 14 nitrogen and oxygen atoms in total. The number of carbonyl (C=O) groups is 2. The Morgan fingerprint density at radius 3 is 1.47 bits per heavy atom. The lowest BCUT2D eigenvalue weighted by molar-refractivity contribution is -0.161. The Kier molecular flexibility index (Phi) is 38.8. The number of carbonyl (C=O) groups excluding carboxylic acids is 2. The second-order valence-electron chi connectivity index (χ2n) is 14.5. The molecule has 0 fully saturated rings. The number of esters is 2. The zero-order valence-corrected chi connectivity index (χ0v) is 38.8. The summed E-state index contributed by atoms with van der Waals surface area (Å²) < 4.78 is 47.7. The minimum atomic E-state index is -4.88. The molecular weight excluding hydrogens is 838 g/mol. The van der Waals surface area contributed by atoms with Crippen molar-refractivity contribution in [1.29, 1.82) is 0 Å². The third-order valence-corrected chi connectivity index (χ3v) is 9.90. The van der Waals surface area contributed by atoms with Crippen molar-refractivity contribution in [2.45, 2.75) is 154 Å². The fraction of sp³-hybridized carbons (Fsp3) is 0.609. The first kappa shape index (κ1) is 59.0. The van der Waals surface area contributed by atoms with E-state index in [1.165, 1.54) is 0 Å². The minimum absolute atomic E-state index is 0.0321. The zero-order chi connectivity index (χ0) is 46.0. The maximum Gasteiger partial charge on any atom is 0.472 e. The van der Waals surface area contributed by atoms with E-state index in [1.807, 2.05) is 12.2 Å². The summed E-state index contributed by atoms with van der Waals surface area (Å²) in [6.07, 6.45) is 45.3.